The van der Waals surface area contributed by atoms with Crippen LogP contribution in [0.4, 0.5) is 0 Å². The minimum absolute atomic E-state index is 0.252. The maximum absolute atomic E-state index is 2.83. The fourth-order valence-corrected chi connectivity index (χ4v) is 7.14. The third-order valence-corrected chi connectivity index (χ3v) is 8.68. The van der Waals surface area contributed by atoms with Crippen LogP contribution in [-0.2, 0) is 0 Å². The molecule has 3 aromatic carbocycles. The first-order valence-corrected chi connectivity index (χ1v) is 12.7. The Balaban J connectivity index is 1.67. The van der Waals surface area contributed by atoms with Crippen molar-refractivity contribution in [3.63, 3.8) is 0 Å². The molecule has 0 radical (unpaired) electrons. The van der Waals surface area contributed by atoms with Gasteiger partial charge in [-0.2, -0.15) is 0 Å². The van der Waals surface area contributed by atoms with Crippen LogP contribution in [0.5, 0.6) is 0 Å². The summed E-state index contributed by atoms with van der Waals surface area (Å²) in [5.74, 6) is 0. The van der Waals surface area contributed by atoms with Crippen LogP contribution < -0.4 is 4.46 Å². The van der Waals surface area contributed by atoms with Crippen molar-refractivity contribution in [3.8, 4) is 0 Å². The number of rotatable bonds is 6. The first-order chi connectivity index (χ1) is 14.1. The van der Waals surface area contributed by atoms with Crippen LogP contribution in [0.1, 0.15) is 50.4 Å². The third kappa shape index (κ3) is 4.51. The van der Waals surface area contributed by atoms with Gasteiger partial charge in [0.15, 0.2) is 0 Å². The molecule has 1 nitrogen and oxygen atoms in total. The Hall–Kier alpha value is -1.86. The predicted molar refractivity (Wildman–Crippen MR) is 125 cm³/mol. The standard InChI is InChI=1S/C27H31NSe/c1-21(22-13-7-4-8-14-22)28-24(20-29-25-17-11-6-12-18-25)19-27(2,3)26(28)23-15-9-5-10-16-23/h4-18,21,24,26H,19-20H2,1-3H3/t21-,24?,26?/m1/s1. The van der Waals surface area contributed by atoms with Crippen molar-refractivity contribution in [3.05, 3.63) is 102 Å². The summed E-state index contributed by atoms with van der Waals surface area (Å²) in [5, 5.41) is 1.26. The van der Waals surface area contributed by atoms with E-state index in [9.17, 15) is 0 Å². The molecule has 2 unspecified atom stereocenters. The summed E-state index contributed by atoms with van der Waals surface area (Å²) in [5.41, 5.74) is 3.13. The number of nitrogens with zero attached hydrogens (tertiary/aromatic N) is 1. The van der Waals surface area contributed by atoms with Gasteiger partial charge in [0, 0.05) is 0 Å². The van der Waals surface area contributed by atoms with Crippen LogP contribution in [0.25, 0.3) is 0 Å². The number of benzene rings is 3. The van der Waals surface area contributed by atoms with Gasteiger partial charge in [0.05, 0.1) is 0 Å². The van der Waals surface area contributed by atoms with Crippen LogP contribution >= 0.6 is 0 Å². The van der Waals surface area contributed by atoms with Crippen LogP contribution in [0, 0.1) is 5.41 Å². The van der Waals surface area contributed by atoms with Crippen LogP contribution in [-0.4, -0.2) is 25.9 Å². The van der Waals surface area contributed by atoms with Gasteiger partial charge in [-0.3, -0.25) is 0 Å². The fraction of sp³-hybridized carbons (Fsp3) is 0.333. The molecule has 29 heavy (non-hydrogen) atoms. The normalized spacial score (nSPS) is 22.4. The molecular formula is C27H31NSe. The van der Waals surface area contributed by atoms with Crippen molar-refractivity contribution < 1.29 is 0 Å². The van der Waals surface area contributed by atoms with Gasteiger partial charge in [-0.15, -0.1) is 0 Å². The van der Waals surface area contributed by atoms with Gasteiger partial charge in [-0.05, 0) is 0 Å². The van der Waals surface area contributed by atoms with Crippen LogP contribution in [0.15, 0.2) is 91.0 Å². The summed E-state index contributed by atoms with van der Waals surface area (Å²) in [6.45, 7) is 7.32. The molecule has 0 amide bonds. The SMILES string of the molecule is C[C@H](c1ccccc1)N1C(C[Se]c2ccccc2)CC(C)(C)C1c1ccccc1. The summed E-state index contributed by atoms with van der Waals surface area (Å²) in [7, 11) is 0. The van der Waals surface area contributed by atoms with Gasteiger partial charge in [-0.25, -0.2) is 0 Å². The second kappa shape index (κ2) is 8.88. The first-order valence-electron chi connectivity index (χ1n) is 10.6. The van der Waals surface area contributed by atoms with Gasteiger partial charge in [0.2, 0.25) is 0 Å². The molecule has 0 aliphatic carbocycles. The van der Waals surface area contributed by atoms with Gasteiger partial charge >= 0.3 is 182 Å². The van der Waals surface area contributed by atoms with E-state index in [0.29, 0.717) is 33.1 Å². The second-order valence-electron chi connectivity index (χ2n) is 8.82. The summed E-state index contributed by atoms with van der Waals surface area (Å²) < 4.78 is 1.51. The quantitative estimate of drug-likeness (QED) is 0.416. The molecule has 0 aromatic heterocycles. The monoisotopic (exact) mass is 449 g/mol. The van der Waals surface area contributed by atoms with E-state index < -0.39 is 0 Å². The van der Waals surface area contributed by atoms with Gasteiger partial charge in [0.25, 0.3) is 0 Å². The van der Waals surface area contributed by atoms with E-state index in [2.05, 4.69) is 117 Å². The molecule has 1 aliphatic rings. The molecule has 1 aliphatic heterocycles. The zero-order valence-corrected chi connectivity index (χ0v) is 19.4. The van der Waals surface area contributed by atoms with E-state index in [1.165, 1.54) is 27.3 Å². The van der Waals surface area contributed by atoms with Crippen molar-refractivity contribution in [2.24, 2.45) is 5.41 Å². The zero-order chi connectivity index (χ0) is 20.3. The van der Waals surface area contributed by atoms with E-state index in [-0.39, 0.29) is 5.41 Å². The number of hydrogen-bond acceptors (Lipinski definition) is 1. The molecule has 1 saturated heterocycles. The van der Waals surface area contributed by atoms with Crippen molar-refractivity contribution in [2.75, 3.05) is 0 Å². The van der Waals surface area contributed by atoms with E-state index >= 15 is 0 Å². The molecule has 150 valence electrons. The van der Waals surface area contributed by atoms with E-state index in [1.807, 2.05) is 0 Å². The van der Waals surface area contributed by atoms with Gasteiger partial charge in [0.1, 0.15) is 0 Å². The zero-order valence-electron chi connectivity index (χ0n) is 17.7. The fourth-order valence-electron chi connectivity index (χ4n) is 4.99. The molecule has 0 N–H and O–H groups in total. The average molecular weight is 449 g/mol. The van der Waals surface area contributed by atoms with Crippen molar-refractivity contribution in [2.45, 2.75) is 50.6 Å². The molecule has 4 rings (SSSR count). The molecule has 3 atom stereocenters. The topological polar surface area (TPSA) is 3.24 Å². The molecule has 1 heterocycles. The first kappa shape index (κ1) is 20.4. The Labute approximate surface area is 182 Å². The van der Waals surface area contributed by atoms with Crippen molar-refractivity contribution >= 4 is 19.4 Å². The summed E-state index contributed by atoms with van der Waals surface area (Å²) in [6, 6.07) is 34.7. The Bertz CT molecular complexity index is 892. The second-order valence-corrected chi connectivity index (χ2v) is 11.1. The molecule has 3 aromatic rings. The van der Waals surface area contributed by atoms with Gasteiger partial charge in [-0.1, -0.05) is 0 Å². The number of hydrogen-bond donors (Lipinski definition) is 0. The van der Waals surface area contributed by atoms with Crippen LogP contribution in [0.2, 0.25) is 5.32 Å². The molecular weight excluding hydrogens is 417 g/mol. The molecule has 1 fully saturated rings. The third-order valence-electron chi connectivity index (χ3n) is 6.25. The molecule has 0 bridgehead atoms. The molecule has 2 heteroatoms. The van der Waals surface area contributed by atoms with Crippen LogP contribution in [0.3, 0.4) is 0 Å². The summed E-state index contributed by atoms with van der Waals surface area (Å²) >= 11 is 0.502. The van der Waals surface area contributed by atoms with E-state index in [1.54, 1.807) is 0 Å². The molecule has 0 spiro atoms. The summed E-state index contributed by atoms with van der Waals surface area (Å²) in [6.07, 6.45) is 1.25. The predicted octanol–water partition coefficient (Wildman–Crippen LogP) is 6.04. The number of likely N-dealkylation sites (tertiary alicyclic amines) is 1. The van der Waals surface area contributed by atoms with Gasteiger partial charge < -0.3 is 0 Å². The Kier molecular flexibility index (Phi) is 6.25. The maximum atomic E-state index is 2.83. The Morgan fingerprint density at radius 3 is 2.03 bits per heavy atom. The Morgan fingerprint density at radius 2 is 1.41 bits per heavy atom. The van der Waals surface area contributed by atoms with Crippen molar-refractivity contribution in [1.82, 2.24) is 4.90 Å². The summed E-state index contributed by atoms with van der Waals surface area (Å²) in [4.78, 5) is 2.83. The van der Waals surface area contributed by atoms with Crippen molar-refractivity contribution in [1.29, 1.82) is 0 Å². The minimum atomic E-state index is 0.252. The average Bonchev–Trinajstić information content (AvgIpc) is 3.04. The van der Waals surface area contributed by atoms with E-state index in [0.717, 1.165) is 0 Å². The molecule has 0 saturated carbocycles. The van der Waals surface area contributed by atoms with E-state index in [4.69, 9.17) is 0 Å². The Morgan fingerprint density at radius 1 is 0.862 bits per heavy atom.